The molecule has 1 aromatic carbocycles. The Labute approximate surface area is 261 Å². The van der Waals surface area contributed by atoms with Gasteiger partial charge in [0.25, 0.3) is 0 Å². The summed E-state index contributed by atoms with van der Waals surface area (Å²) in [4.78, 5) is 38.7. The van der Waals surface area contributed by atoms with Crippen LogP contribution in [0.15, 0.2) is 41.4 Å². The number of amides is 1. The molecule has 238 valence electrons. The van der Waals surface area contributed by atoms with Crippen LogP contribution in [0.3, 0.4) is 0 Å². The molecule has 0 unspecified atom stereocenters. The number of dihydropyridines is 1. The summed E-state index contributed by atoms with van der Waals surface area (Å²) in [6.07, 6.45) is 4.71. The highest BCUT2D eigenvalue weighted by molar-refractivity contribution is 6.34. The van der Waals surface area contributed by atoms with Gasteiger partial charge in [-0.1, -0.05) is 32.0 Å². The number of pyridine rings is 1. The molecule has 1 amide bonds. The minimum atomic E-state index is -1.95. The quantitative estimate of drug-likeness (QED) is 0.129. The number of benzene rings is 1. The number of piperazine rings is 1. The highest BCUT2D eigenvalue weighted by Crippen LogP contribution is 2.40. The third-order valence-corrected chi connectivity index (χ3v) is 8.57. The molecular weight excluding hydrogens is 614 g/mol. The van der Waals surface area contributed by atoms with E-state index >= 15 is 8.78 Å². The van der Waals surface area contributed by atoms with Crippen molar-refractivity contribution >= 4 is 45.7 Å². The Morgan fingerprint density at radius 3 is 2.38 bits per heavy atom. The summed E-state index contributed by atoms with van der Waals surface area (Å²) in [5.41, 5.74) is 3.72. The van der Waals surface area contributed by atoms with Gasteiger partial charge in [-0.3, -0.25) is 4.79 Å². The summed E-state index contributed by atoms with van der Waals surface area (Å²) >= 11 is 5.84. The average molecular weight is 646 g/mol. The first-order valence-electron chi connectivity index (χ1n) is 14.3. The van der Waals surface area contributed by atoms with E-state index in [0.29, 0.717) is 11.3 Å². The predicted molar refractivity (Wildman–Crippen MR) is 166 cm³/mol. The minimum absolute atomic E-state index is 0.0447. The van der Waals surface area contributed by atoms with Crippen molar-refractivity contribution in [2.75, 3.05) is 23.7 Å². The zero-order valence-electron chi connectivity index (χ0n) is 25.3. The van der Waals surface area contributed by atoms with E-state index in [2.05, 4.69) is 21.9 Å². The summed E-state index contributed by atoms with van der Waals surface area (Å²) in [6, 6.07) is -0.0760. The topological polar surface area (TPSA) is 109 Å². The van der Waals surface area contributed by atoms with Crippen molar-refractivity contribution in [1.29, 1.82) is 0 Å². The van der Waals surface area contributed by atoms with Crippen LogP contribution in [0.25, 0.3) is 28.0 Å². The van der Waals surface area contributed by atoms with Gasteiger partial charge in [-0.25, -0.2) is 31.9 Å². The van der Waals surface area contributed by atoms with Crippen LogP contribution < -0.4 is 21.6 Å². The number of carbonyl (C=O) groups excluding carboxylic acids is 1. The van der Waals surface area contributed by atoms with Crippen LogP contribution in [0.5, 0.6) is 0 Å². The fraction of sp³-hybridized carbons (Fsp3) is 0.355. The molecule has 4 heterocycles. The minimum Gasteiger partial charge on any atom is -0.397 e. The molecule has 1 saturated heterocycles. The van der Waals surface area contributed by atoms with Crippen LogP contribution in [0, 0.1) is 29.2 Å². The second-order valence-electron chi connectivity index (χ2n) is 11.6. The van der Waals surface area contributed by atoms with Gasteiger partial charge in [0.2, 0.25) is 5.91 Å². The monoisotopic (exact) mass is 645 g/mol. The molecule has 3 atom stereocenters. The number of aromatic nitrogens is 3. The summed E-state index contributed by atoms with van der Waals surface area (Å²) in [6.45, 7) is 13.3. The van der Waals surface area contributed by atoms with Crippen molar-refractivity contribution in [2.24, 2.45) is 5.92 Å². The SMILES string of the molecule is C=CC(=O)N1[C@H](C)CN(c2nc(=O)n(C3=C(C)C=CN[C@@H]3C(C)C)c3nc(-c4c(N)c(Cl)c(F)c(F)c4F)c(F)cc23)C[C@@H]1C. The molecule has 2 aliphatic heterocycles. The number of carbonyl (C=O) groups is 1. The zero-order chi connectivity index (χ0) is 33.1. The van der Waals surface area contributed by atoms with E-state index in [1.807, 2.05) is 27.7 Å². The van der Waals surface area contributed by atoms with Crippen molar-refractivity contribution < 1.29 is 22.4 Å². The van der Waals surface area contributed by atoms with Crippen LogP contribution in [-0.2, 0) is 4.79 Å². The summed E-state index contributed by atoms with van der Waals surface area (Å²) < 4.78 is 61.1. The predicted octanol–water partition coefficient (Wildman–Crippen LogP) is 5.23. The number of hydrogen-bond donors (Lipinski definition) is 2. The molecule has 1 fully saturated rings. The van der Waals surface area contributed by atoms with Gasteiger partial charge in [0.1, 0.15) is 16.5 Å². The van der Waals surface area contributed by atoms with Gasteiger partial charge in [-0.05, 0) is 56.7 Å². The van der Waals surface area contributed by atoms with Crippen molar-refractivity contribution in [3.63, 3.8) is 0 Å². The summed E-state index contributed by atoms with van der Waals surface area (Å²) in [5.74, 6) is -6.82. The first-order valence-corrected chi connectivity index (χ1v) is 14.7. The number of anilines is 2. The van der Waals surface area contributed by atoms with Gasteiger partial charge in [-0.2, -0.15) is 4.98 Å². The van der Waals surface area contributed by atoms with Gasteiger partial charge in [-0.15, -0.1) is 0 Å². The molecule has 45 heavy (non-hydrogen) atoms. The highest BCUT2D eigenvalue weighted by atomic mass is 35.5. The number of nitrogens with one attached hydrogen (secondary N) is 1. The van der Waals surface area contributed by atoms with Crippen molar-refractivity contribution in [2.45, 2.75) is 52.7 Å². The fourth-order valence-electron chi connectivity index (χ4n) is 6.16. The zero-order valence-corrected chi connectivity index (χ0v) is 26.0. The van der Waals surface area contributed by atoms with E-state index < -0.39 is 57.0 Å². The third-order valence-electron chi connectivity index (χ3n) is 8.20. The van der Waals surface area contributed by atoms with E-state index in [0.717, 1.165) is 6.07 Å². The van der Waals surface area contributed by atoms with E-state index in [4.69, 9.17) is 17.3 Å². The largest absolute Gasteiger partial charge is 0.397 e. The molecule has 3 N–H and O–H groups in total. The number of fused-ring (bicyclic) bond motifs is 1. The highest BCUT2D eigenvalue weighted by Gasteiger charge is 2.35. The number of allylic oxidation sites excluding steroid dienone is 2. The molecule has 2 aliphatic rings. The fourth-order valence-corrected chi connectivity index (χ4v) is 6.34. The number of rotatable bonds is 5. The van der Waals surface area contributed by atoms with Gasteiger partial charge in [0.15, 0.2) is 28.9 Å². The van der Waals surface area contributed by atoms with Crippen molar-refractivity contribution in [3.05, 3.63) is 75.3 Å². The van der Waals surface area contributed by atoms with Gasteiger partial charge in [0.05, 0.1) is 28.4 Å². The third kappa shape index (κ3) is 5.22. The van der Waals surface area contributed by atoms with Gasteiger partial charge < -0.3 is 20.9 Å². The Hall–Kier alpha value is -4.39. The van der Waals surface area contributed by atoms with Crippen LogP contribution in [-0.4, -0.2) is 56.6 Å². The average Bonchev–Trinajstić information content (AvgIpc) is 2.99. The Balaban J connectivity index is 1.85. The number of nitrogens with zero attached hydrogens (tertiary/aromatic N) is 5. The summed E-state index contributed by atoms with van der Waals surface area (Å²) in [5, 5.41) is 2.37. The number of nitrogen functional groups attached to an aromatic ring is 1. The van der Waals surface area contributed by atoms with Gasteiger partial charge in [0, 0.05) is 25.2 Å². The maximum Gasteiger partial charge on any atom is 0.355 e. The van der Waals surface area contributed by atoms with Crippen LogP contribution >= 0.6 is 11.6 Å². The van der Waals surface area contributed by atoms with E-state index in [-0.39, 0.29) is 53.8 Å². The van der Waals surface area contributed by atoms with E-state index in [9.17, 15) is 18.4 Å². The lowest BCUT2D eigenvalue weighted by atomic mass is 9.95. The Morgan fingerprint density at radius 2 is 1.78 bits per heavy atom. The van der Waals surface area contributed by atoms with Crippen molar-refractivity contribution in [3.8, 4) is 11.3 Å². The molecule has 0 bridgehead atoms. The van der Waals surface area contributed by atoms with Gasteiger partial charge >= 0.3 is 5.69 Å². The van der Waals surface area contributed by atoms with Crippen LogP contribution in [0.4, 0.5) is 29.1 Å². The van der Waals surface area contributed by atoms with E-state index in [1.165, 1.54) is 10.6 Å². The molecule has 0 radical (unpaired) electrons. The Morgan fingerprint density at radius 1 is 1.13 bits per heavy atom. The maximum absolute atomic E-state index is 16.0. The maximum atomic E-state index is 16.0. The Bertz CT molecular complexity index is 1830. The molecule has 5 rings (SSSR count). The van der Waals surface area contributed by atoms with Crippen LogP contribution in [0.1, 0.15) is 34.6 Å². The van der Waals surface area contributed by atoms with E-state index in [1.54, 1.807) is 29.0 Å². The Kier molecular flexibility index (Phi) is 8.43. The molecular formula is C31H32ClF4N7O2. The molecule has 0 spiro atoms. The number of nitrogens with two attached hydrogens (primary N) is 1. The second-order valence-corrected chi connectivity index (χ2v) is 12.0. The smallest absolute Gasteiger partial charge is 0.355 e. The van der Waals surface area contributed by atoms with Crippen molar-refractivity contribution in [1.82, 2.24) is 24.8 Å². The molecule has 3 aromatic rings. The number of halogens is 5. The first-order chi connectivity index (χ1) is 21.2. The molecule has 0 saturated carbocycles. The number of hydrogen-bond acceptors (Lipinski definition) is 7. The second kappa shape index (κ2) is 11.8. The normalized spacial score (nSPS) is 20.3. The first kappa shape index (κ1) is 32.0. The molecule has 14 heteroatoms. The lowest BCUT2D eigenvalue weighted by molar-refractivity contribution is -0.130. The molecule has 9 nitrogen and oxygen atoms in total. The standard InChI is InChI=1S/C31H32ClF4N7O2/c1-7-19(44)42-15(5)11-41(12-16(42)6)29-17-10-18(33)27(20-22(34)24(36)23(35)21(32)25(20)37)39-30(17)43(31(45)40-29)28-14(4)8-9-38-26(28)13(2)3/h7-10,13,15-16,26,38H,1,11-12,37H2,2-6H3/t15-,16+,26-/m1/s1. The summed E-state index contributed by atoms with van der Waals surface area (Å²) in [7, 11) is 0. The molecule has 0 aliphatic carbocycles. The lowest BCUT2D eigenvalue weighted by Gasteiger charge is -2.44. The lowest BCUT2D eigenvalue weighted by Crippen LogP contribution is -2.58. The molecule has 2 aromatic heterocycles. The van der Waals surface area contributed by atoms with Crippen LogP contribution in [0.2, 0.25) is 5.02 Å².